The summed E-state index contributed by atoms with van der Waals surface area (Å²) in [5.74, 6) is 1.60. The molecule has 0 amide bonds. The molecule has 0 bridgehead atoms. The predicted molar refractivity (Wildman–Crippen MR) is 94.7 cm³/mol. The zero-order valence-corrected chi connectivity index (χ0v) is 13.8. The number of hydrogen-bond donors (Lipinski definition) is 1. The van der Waals surface area contributed by atoms with Gasteiger partial charge in [0.2, 0.25) is 0 Å². The van der Waals surface area contributed by atoms with Gasteiger partial charge in [0.15, 0.2) is 11.5 Å². The quantitative estimate of drug-likeness (QED) is 0.698. The third kappa shape index (κ3) is 3.61. The molecule has 0 aliphatic heterocycles. The second-order valence-corrected chi connectivity index (χ2v) is 5.41. The largest absolute Gasteiger partial charge is 0.493 e. The maximum Gasteiger partial charge on any atom is 0.259 e. The molecule has 0 radical (unpaired) electrons. The highest BCUT2D eigenvalue weighted by atomic mass is 16.5. The summed E-state index contributed by atoms with van der Waals surface area (Å²) in [7, 11) is 1.56. The lowest BCUT2D eigenvalue weighted by molar-refractivity contribution is 0.291. The minimum atomic E-state index is -0.187. The molecule has 3 aromatic rings. The van der Waals surface area contributed by atoms with Crippen LogP contribution in [0.3, 0.4) is 0 Å². The Morgan fingerprint density at radius 2 is 2.04 bits per heavy atom. The fourth-order valence-corrected chi connectivity index (χ4v) is 2.49. The molecule has 126 valence electrons. The van der Waals surface area contributed by atoms with Crippen molar-refractivity contribution in [3.8, 4) is 29.0 Å². The van der Waals surface area contributed by atoms with Crippen molar-refractivity contribution in [1.29, 1.82) is 5.26 Å². The van der Waals surface area contributed by atoms with Crippen LogP contribution in [0.5, 0.6) is 11.5 Å². The molecular formula is C19H17N3O3. The highest BCUT2D eigenvalue weighted by Gasteiger charge is 2.10. The number of benzene rings is 2. The van der Waals surface area contributed by atoms with Crippen molar-refractivity contribution >= 4 is 10.9 Å². The van der Waals surface area contributed by atoms with Gasteiger partial charge in [0, 0.05) is 12.0 Å². The van der Waals surface area contributed by atoms with E-state index in [1.165, 1.54) is 0 Å². The van der Waals surface area contributed by atoms with Crippen LogP contribution in [0.15, 0.2) is 47.3 Å². The molecule has 0 saturated heterocycles. The highest BCUT2D eigenvalue weighted by Crippen LogP contribution is 2.31. The van der Waals surface area contributed by atoms with Crippen LogP contribution in [0.2, 0.25) is 0 Å². The maximum absolute atomic E-state index is 12.2. The highest BCUT2D eigenvalue weighted by molar-refractivity contribution is 5.79. The van der Waals surface area contributed by atoms with Gasteiger partial charge < -0.3 is 14.5 Å². The number of unbranched alkanes of at least 4 members (excludes halogenated alkanes) is 1. The van der Waals surface area contributed by atoms with E-state index >= 15 is 0 Å². The number of para-hydroxylation sites is 1. The molecule has 3 rings (SSSR count). The van der Waals surface area contributed by atoms with Crippen LogP contribution in [0.25, 0.3) is 22.3 Å². The van der Waals surface area contributed by atoms with Crippen molar-refractivity contribution in [2.45, 2.75) is 12.8 Å². The number of aromatic amines is 1. The number of nitriles is 1. The number of methoxy groups -OCH3 is 1. The van der Waals surface area contributed by atoms with Gasteiger partial charge in [-0.15, -0.1) is 0 Å². The Balaban J connectivity index is 1.97. The molecule has 0 unspecified atom stereocenters. The van der Waals surface area contributed by atoms with Crippen molar-refractivity contribution in [1.82, 2.24) is 9.97 Å². The molecule has 1 N–H and O–H groups in total. The molecule has 1 aromatic heterocycles. The van der Waals surface area contributed by atoms with Crippen LogP contribution in [-0.4, -0.2) is 23.7 Å². The van der Waals surface area contributed by atoms with Gasteiger partial charge in [0.25, 0.3) is 5.56 Å². The Bertz CT molecular complexity index is 989. The van der Waals surface area contributed by atoms with Gasteiger partial charge in [0.05, 0.1) is 30.7 Å². The Morgan fingerprint density at radius 3 is 2.84 bits per heavy atom. The lowest BCUT2D eigenvalue weighted by Crippen LogP contribution is -2.09. The molecule has 0 atom stereocenters. The van der Waals surface area contributed by atoms with Crippen LogP contribution >= 0.6 is 0 Å². The van der Waals surface area contributed by atoms with Crippen LogP contribution < -0.4 is 15.0 Å². The van der Waals surface area contributed by atoms with Crippen LogP contribution in [0.1, 0.15) is 12.8 Å². The molecule has 25 heavy (non-hydrogen) atoms. The first kappa shape index (κ1) is 16.5. The van der Waals surface area contributed by atoms with Crippen molar-refractivity contribution in [3.63, 3.8) is 0 Å². The summed E-state index contributed by atoms with van der Waals surface area (Å²) < 4.78 is 11.0. The van der Waals surface area contributed by atoms with Crippen LogP contribution in [-0.2, 0) is 0 Å². The summed E-state index contributed by atoms with van der Waals surface area (Å²) in [5, 5.41) is 9.15. The minimum absolute atomic E-state index is 0.187. The summed E-state index contributed by atoms with van der Waals surface area (Å²) >= 11 is 0. The molecule has 2 aromatic carbocycles. The maximum atomic E-state index is 12.2. The van der Waals surface area contributed by atoms with Gasteiger partial charge in [-0.2, -0.15) is 5.26 Å². The molecular weight excluding hydrogens is 318 g/mol. The van der Waals surface area contributed by atoms with E-state index in [-0.39, 0.29) is 5.56 Å². The summed E-state index contributed by atoms with van der Waals surface area (Å²) in [6, 6.07) is 14.6. The number of ether oxygens (including phenoxy) is 2. The van der Waals surface area contributed by atoms with Gasteiger partial charge in [-0.1, -0.05) is 12.1 Å². The number of H-pyrrole nitrogens is 1. The average molecular weight is 335 g/mol. The molecule has 0 spiro atoms. The SMILES string of the molecule is COc1ccc(-c2nc3ccccc3c(=O)[nH]2)cc1OCCCC#N. The fraction of sp³-hybridized carbons (Fsp3) is 0.211. The van der Waals surface area contributed by atoms with E-state index in [4.69, 9.17) is 14.7 Å². The van der Waals surface area contributed by atoms with Crippen LogP contribution in [0, 0.1) is 11.3 Å². The first-order valence-corrected chi connectivity index (χ1v) is 7.90. The Morgan fingerprint density at radius 1 is 1.20 bits per heavy atom. The summed E-state index contributed by atoms with van der Waals surface area (Å²) in [4.78, 5) is 19.6. The summed E-state index contributed by atoms with van der Waals surface area (Å²) in [5.41, 5.74) is 1.17. The van der Waals surface area contributed by atoms with E-state index in [2.05, 4.69) is 16.0 Å². The second-order valence-electron chi connectivity index (χ2n) is 5.41. The van der Waals surface area contributed by atoms with E-state index in [1.54, 1.807) is 37.4 Å². The molecule has 0 fully saturated rings. The Kier molecular flexibility index (Phi) is 4.95. The predicted octanol–water partition coefficient (Wildman–Crippen LogP) is 3.28. The Labute approximate surface area is 144 Å². The topological polar surface area (TPSA) is 88.0 Å². The van der Waals surface area contributed by atoms with Crippen LogP contribution in [0.4, 0.5) is 0 Å². The number of nitrogens with one attached hydrogen (secondary N) is 1. The van der Waals surface area contributed by atoms with Gasteiger partial charge in [-0.25, -0.2) is 4.98 Å². The van der Waals surface area contributed by atoms with Crippen molar-refractivity contribution < 1.29 is 9.47 Å². The molecule has 6 nitrogen and oxygen atoms in total. The first-order chi connectivity index (χ1) is 12.2. The summed E-state index contributed by atoms with van der Waals surface area (Å²) in [6.07, 6.45) is 1.07. The van der Waals surface area contributed by atoms with Crippen molar-refractivity contribution in [3.05, 3.63) is 52.8 Å². The number of nitrogens with zero attached hydrogens (tertiary/aromatic N) is 2. The van der Waals surface area contributed by atoms with E-state index in [9.17, 15) is 4.79 Å². The summed E-state index contributed by atoms with van der Waals surface area (Å²) in [6.45, 7) is 0.412. The van der Waals surface area contributed by atoms with Gasteiger partial charge >= 0.3 is 0 Å². The number of hydrogen-bond acceptors (Lipinski definition) is 5. The normalized spacial score (nSPS) is 10.4. The first-order valence-electron chi connectivity index (χ1n) is 7.90. The van der Waals surface area contributed by atoms with E-state index in [0.29, 0.717) is 47.7 Å². The zero-order valence-electron chi connectivity index (χ0n) is 13.8. The average Bonchev–Trinajstić information content (AvgIpc) is 2.65. The lowest BCUT2D eigenvalue weighted by atomic mass is 10.1. The number of fused-ring (bicyclic) bond motifs is 1. The molecule has 0 aliphatic carbocycles. The smallest absolute Gasteiger partial charge is 0.259 e. The number of rotatable bonds is 6. The molecule has 6 heteroatoms. The van der Waals surface area contributed by atoms with Gasteiger partial charge in [-0.05, 0) is 36.8 Å². The van der Waals surface area contributed by atoms with Gasteiger partial charge in [0.1, 0.15) is 5.82 Å². The fourth-order valence-electron chi connectivity index (χ4n) is 2.49. The molecule has 1 heterocycles. The lowest BCUT2D eigenvalue weighted by Gasteiger charge is -2.12. The van der Waals surface area contributed by atoms with Crippen molar-refractivity contribution in [2.24, 2.45) is 0 Å². The standard InChI is InChI=1S/C19H17N3O3/c1-24-16-9-8-13(12-17(16)25-11-5-4-10-20)18-21-15-7-3-2-6-14(15)19(23)22-18/h2-3,6-9,12H,4-5,11H2,1H3,(H,21,22,23). The third-order valence-electron chi connectivity index (χ3n) is 3.74. The van der Waals surface area contributed by atoms with E-state index < -0.39 is 0 Å². The molecule has 0 saturated carbocycles. The van der Waals surface area contributed by atoms with E-state index in [0.717, 1.165) is 5.56 Å². The third-order valence-corrected chi connectivity index (χ3v) is 3.74. The molecule has 0 aliphatic rings. The zero-order chi connectivity index (χ0) is 17.6. The van der Waals surface area contributed by atoms with E-state index in [1.807, 2.05) is 12.1 Å². The van der Waals surface area contributed by atoms with Crippen molar-refractivity contribution in [2.75, 3.05) is 13.7 Å². The monoisotopic (exact) mass is 335 g/mol. The minimum Gasteiger partial charge on any atom is -0.493 e. The number of aromatic nitrogens is 2. The second kappa shape index (κ2) is 7.49. The Hall–Kier alpha value is -3.33. The van der Waals surface area contributed by atoms with Gasteiger partial charge in [-0.3, -0.25) is 4.79 Å².